The number of aromatic nitrogens is 3. The van der Waals surface area contributed by atoms with E-state index in [0.29, 0.717) is 11.3 Å². The molecule has 18 heavy (non-hydrogen) atoms. The summed E-state index contributed by atoms with van der Waals surface area (Å²) in [5, 5.41) is 8.13. The Balaban J connectivity index is 2.12. The maximum absolute atomic E-state index is 11.6. The highest BCUT2D eigenvalue weighted by molar-refractivity contribution is 6.01. The van der Waals surface area contributed by atoms with E-state index >= 15 is 0 Å². The molecule has 0 bridgehead atoms. The molecule has 0 aliphatic heterocycles. The largest absolute Gasteiger partial charge is 0.341 e. The molecule has 2 aromatic rings. The third kappa shape index (κ3) is 2.51. The molecule has 1 aromatic carbocycles. The second kappa shape index (κ2) is 4.66. The van der Waals surface area contributed by atoms with Gasteiger partial charge in [-0.15, -0.1) is 5.10 Å². The van der Waals surface area contributed by atoms with Gasteiger partial charge in [-0.25, -0.2) is 9.89 Å². The van der Waals surface area contributed by atoms with Crippen LogP contribution in [0.25, 0.3) is 0 Å². The first-order valence-corrected chi connectivity index (χ1v) is 5.13. The van der Waals surface area contributed by atoms with E-state index in [1.165, 1.54) is 6.92 Å². The van der Waals surface area contributed by atoms with Crippen LogP contribution in [0.15, 0.2) is 29.1 Å². The third-order valence-electron chi connectivity index (χ3n) is 2.27. The molecular formula is C11H10N4O3. The molecule has 0 atom stereocenters. The van der Waals surface area contributed by atoms with Crippen LogP contribution in [0.5, 0.6) is 0 Å². The van der Waals surface area contributed by atoms with Crippen molar-refractivity contribution in [2.24, 2.45) is 0 Å². The maximum atomic E-state index is 11.6. The molecule has 0 unspecified atom stereocenters. The van der Waals surface area contributed by atoms with Gasteiger partial charge in [0.15, 0.2) is 5.78 Å². The summed E-state index contributed by atoms with van der Waals surface area (Å²) in [4.78, 5) is 35.7. The van der Waals surface area contributed by atoms with E-state index in [9.17, 15) is 14.4 Å². The summed E-state index contributed by atoms with van der Waals surface area (Å²) in [6, 6.07) is 6.40. The van der Waals surface area contributed by atoms with Gasteiger partial charge in [0.2, 0.25) is 5.82 Å². The van der Waals surface area contributed by atoms with Crippen LogP contribution in [-0.4, -0.2) is 26.9 Å². The number of aromatic amines is 2. The van der Waals surface area contributed by atoms with E-state index in [0.717, 1.165) is 0 Å². The molecule has 0 saturated heterocycles. The molecule has 0 saturated carbocycles. The molecule has 7 nitrogen and oxygen atoms in total. The van der Waals surface area contributed by atoms with Crippen LogP contribution in [0.2, 0.25) is 0 Å². The van der Waals surface area contributed by atoms with Gasteiger partial charge in [-0.05, 0) is 31.2 Å². The van der Waals surface area contributed by atoms with Gasteiger partial charge in [0.05, 0.1) is 0 Å². The number of benzene rings is 1. The summed E-state index contributed by atoms with van der Waals surface area (Å²) < 4.78 is 0. The van der Waals surface area contributed by atoms with Crippen molar-refractivity contribution in [3.63, 3.8) is 0 Å². The number of carbonyl (C=O) groups is 2. The normalized spacial score (nSPS) is 10.1. The fourth-order valence-corrected chi connectivity index (χ4v) is 1.36. The Morgan fingerprint density at radius 3 is 2.39 bits per heavy atom. The lowest BCUT2D eigenvalue weighted by atomic mass is 10.1. The molecular weight excluding hydrogens is 236 g/mol. The molecule has 1 amide bonds. The highest BCUT2D eigenvalue weighted by atomic mass is 16.2. The monoisotopic (exact) mass is 246 g/mol. The molecule has 2 rings (SSSR count). The quantitative estimate of drug-likeness (QED) is 0.687. The maximum Gasteiger partial charge on any atom is 0.341 e. The van der Waals surface area contributed by atoms with Gasteiger partial charge < -0.3 is 5.32 Å². The summed E-state index contributed by atoms with van der Waals surface area (Å²) in [5.41, 5.74) is 0.516. The van der Waals surface area contributed by atoms with Gasteiger partial charge >= 0.3 is 5.69 Å². The van der Waals surface area contributed by atoms with Gasteiger partial charge in [-0.2, -0.15) is 0 Å². The zero-order valence-corrected chi connectivity index (χ0v) is 9.48. The summed E-state index contributed by atoms with van der Waals surface area (Å²) in [6.07, 6.45) is 0. The number of nitrogens with one attached hydrogen (secondary N) is 3. The minimum atomic E-state index is -0.549. The lowest BCUT2D eigenvalue weighted by molar-refractivity contribution is 0.101. The third-order valence-corrected chi connectivity index (χ3v) is 2.27. The van der Waals surface area contributed by atoms with E-state index in [2.05, 4.69) is 20.5 Å². The van der Waals surface area contributed by atoms with Crippen molar-refractivity contribution < 1.29 is 9.59 Å². The molecule has 3 N–H and O–H groups in total. The van der Waals surface area contributed by atoms with E-state index in [-0.39, 0.29) is 11.6 Å². The Morgan fingerprint density at radius 2 is 1.89 bits per heavy atom. The molecule has 0 aliphatic rings. The number of amides is 1. The summed E-state index contributed by atoms with van der Waals surface area (Å²) in [5.74, 6) is -0.691. The van der Waals surface area contributed by atoms with E-state index in [1.54, 1.807) is 24.3 Å². The molecule has 0 fully saturated rings. The second-order valence-electron chi connectivity index (χ2n) is 3.61. The first-order chi connectivity index (χ1) is 8.56. The minimum absolute atomic E-state index is 0.0514. The predicted octanol–water partition coefficient (Wildman–Crippen LogP) is 0.553. The topological polar surface area (TPSA) is 108 Å². The van der Waals surface area contributed by atoms with Gasteiger partial charge in [0.1, 0.15) is 0 Å². The first-order valence-electron chi connectivity index (χ1n) is 5.13. The van der Waals surface area contributed by atoms with Crippen LogP contribution in [0, 0.1) is 0 Å². The number of ketones is 1. The van der Waals surface area contributed by atoms with E-state index < -0.39 is 11.6 Å². The fourth-order valence-electron chi connectivity index (χ4n) is 1.36. The minimum Gasteiger partial charge on any atom is -0.319 e. The fraction of sp³-hybridized carbons (Fsp3) is 0.0909. The number of Topliss-reactive ketones (excluding diaryl/α,β-unsaturated/α-hetero) is 1. The highest BCUT2D eigenvalue weighted by Gasteiger charge is 2.10. The van der Waals surface area contributed by atoms with Crippen molar-refractivity contribution in [1.29, 1.82) is 0 Å². The standard InChI is InChI=1S/C11H10N4O3/c1-6(16)7-2-4-8(5-3-7)12-10(17)9-13-11(18)15-14-9/h2-5H,1H3,(H,12,17)(H2,13,14,15,18). The molecule has 0 radical (unpaired) electrons. The predicted molar refractivity (Wildman–Crippen MR) is 63.6 cm³/mol. The van der Waals surface area contributed by atoms with Crippen molar-refractivity contribution in [3.8, 4) is 0 Å². The van der Waals surface area contributed by atoms with Crippen LogP contribution in [0.4, 0.5) is 5.69 Å². The molecule has 1 aromatic heterocycles. The van der Waals surface area contributed by atoms with Crippen molar-refractivity contribution in [3.05, 3.63) is 46.1 Å². The number of nitrogens with zero attached hydrogens (tertiary/aromatic N) is 1. The van der Waals surface area contributed by atoms with Crippen molar-refractivity contribution in [1.82, 2.24) is 15.2 Å². The second-order valence-corrected chi connectivity index (χ2v) is 3.61. The molecule has 92 valence electrons. The number of carbonyl (C=O) groups excluding carboxylic acids is 2. The zero-order valence-electron chi connectivity index (χ0n) is 9.48. The van der Waals surface area contributed by atoms with Crippen LogP contribution >= 0.6 is 0 Å². The SMILES string of the molecule is CC(=O)c1ccc(NC(=O)c2n[nH]c(=O)[nH]2)cc1. The summed E-state index contributed by atoms with van der Waals surface area (Å²) >= 11 is 0. The Labute approximate surface area is 101 Å². The molecule has 1 heterocycles. The Hall–Kier alpha value is -2.70. The average molecular weight is 246 g/mol. The van der Waals surface area contributed by atoms with E-state index in [4.69, 9.17) is 0 Å². The van der Waals surface area contributed by atoms with Gasteiger partial charge in [0, 0.05) is 11.3 Å². The van der Waals surface area contributed by atoms with Crippen LogP contribution < -0.4 is 11.0 Å². The van der Waals surface area contributed by atoms with Gasteiger partial charge in [-0.1, -0.05) is 0 Å². The number of hydrogen-bond donors (Lipinski definition) is 3. The summed E-state index contributed by atoms with van der Waals surface area (Å²) in [6.45, 7) is 1.46. The number of anilines is 1. The lowest BCUT2D eigenvalue weighted by Gasteiger charge is -2.03. The molecule has 0 spiro atoms. The smallest absolute Gasteiger partial charge is 0.319 e. The number of rotatable bonds is 3. The zero-order chi connectivity index (χ0) is 13.1. The first kappa shape index (κ1) is 11.8. The molecule has 7 heteroatoms. The Kier molecular flexibility index (Phi) is 3.05. The lowest BCUT2D eigenvalue weighted by Crippen LogP contribution is -2.14. The average Bonchev–Trinajstić information content (AvgIpc) is 2.76. The Bertz CT molecular complexity index is 639. The van der Waals surface area contributed by atoms with Gasteiger partial charge in [0.25, 0.3) is 5.91 Å². The number of H-pyrrole nitrogens is 2. The Morgan fingerprint density at radius 1 is 1.22 bits per heavy atom. The van der Waals surface area contributed by atoms with Crippen LogP contribution in [0.3, 0.4) is 0 Å². The van der Waals surface area contributed by atoms with Crippen molar-refractivity contribution in [2.75, 3.05) is 5.32 Å². The summed E-state index contributed by atoms with van der Waals surface area (Å²) in [7, 11) is 0. The van der Waals surface area contributed by atoms with Crippen molar-refractivity contribution >= 4 is 17.4 Å². The van der Waals surface area contributed by atoms with Gasteiger partial charge in [-0.3, -0.25) is 14.6 Å². The van der Waals surface area contributed by atoms with Crippen molar-refractivity contribution in [2.45, 2.75) is 6.92 Å². The highest BCUT2D eigenvalue weighted by Crippen LogP contribution is 2.10. The van der Waals surface area contributed by atoms with E-state index in [1.807, 2.05) is 0 Å². The molecule has 0 aliphatic carbocycles. The van der Waals surface area contributed by atoms with Crippen LogP contribution in [-0.2, 0) is 0 Å². The number of hydrogen-bond acceptors (Lipinski definition) is 4. The van der Waals surface area contributed by atoms with Crippen LogP contribution in [0.1, 0.15) is 27.9 Å².